The fraction of sp³-hybridized carbons (Fsp3) is 0.250. The van der Waals surface area contributed by atoms with Gasteiger partial charge < -0.3 is 9.67 Å². The molecule has 1 N–H and O–H groups in total. The summed E-state index contributed by atoms with van der Waals surface area (Å²) >= 11 is 7.31. The van der Waals surface area contributed by atoms with Crippen LogP contribution in [0.25, 0.3) is 10.9 Å². The van der Waals surface area contributed by atoms with E-state index in [2.05, 4.69) is 0 Å². The minimum Gasteiger partial charge on any atom is -0.481 e. The van der Waals surface area contributed by atoms with Crippen molar-refractivity contribution in [3.63, 3.8) is 0 Å². The van der Waals surface area contributed by atoms with Crippen LogP contribution in [0.5, 0.6) is 0 Å². The Balaban J connectivity index is 2.02. The second-order valence-corrected chi connectivity index (χ2v) is 10.6. The van der Waals surface area contributed by atoms with E-state index in [9.17, 15) is 22.7 Å². The van der Waals surface area contributed by atoms with Crippen LogP contribution in [0, 0.1) is 5.82 Å². The lowest BCUT2D eigenvalue weighted by atomic mass is 10.0. The number of halogens is 2. The second kappa shape index (κ2) is 7.34. The van der Waals surface area contributed by atoms with Crippen LogP contribution in [0.3, 0.4) is 0 Å². The second-order valence-electron chi connectivity index (χ2n) is 7.08. The lowest BCUT2D eigenvalue weighted by molar-refractivity contribution is -0.137. The Bertz CT molecular complexity index is 1240. The fourth-order valence-electron chi connectivity index (χ4n) is 3.88. The molecule has 1 aliphatic heterocycles. The maximum absolute atomic E-state index is 14.3. The highest BCUT2D eigenvalue weighted by Gasteiger charge is 2.34. The molecule has 0 fully saturated rings. The number of carboxylic acids is 1. The van der Waals surface area contributed by atoms with Crippen LogP contribution < -0.4 is 0 Å². The highest BCUT2D eigenvalue weighted by atomic mass is 35.5. The Hall–Kier alpha value is -2.03. The van der Waals surface area contributed by atoms with E-state index >= 15 is 0 Å². The number of carbonyl (C=O) groups is 1. The summed E-state index contributed by atoms with van der Waals surface area (Å²) in [6.45, 7) is 0.512. The van der Waals surface area contributed by atoms with Gasteiger partial charge in [0.1, 0.15) is 5.82 Å². The summed E-state index contributed by atoms with van der Waals surface area (Å²) in [6, 6.07) is 9.44. The molecule has 0 spiro atoms. The number of fused-ring (bicyclic) bond motifs is 3. The van der Waals surface area contributed by atoms with Crippen molar-refractivity contribution in [3.05, 3.63) is 52.9 Å². The first-order valence-corrected chi connectivity index (χ1v) is 11.9. The number of hydrogen-bond acceptors (Lipinski definition) is 4. The zero-order valence-corrected chi connectivity index (χ0v) is 17.7. The molecule has 2 heterocycles. The molecule has 0 saturated heterocycles. The van der Waals surface area contributed by atoms with Crippen LogP contribution in [0.4, 0.5) is 4.39 Å². The molecule has 0 bridgehead atoms. The summed E-state index contributed by atoms with van der Waals surface area (Å²) in [5, 5.41) is 10.3. The Morgan fingerprint density at radius 3 is 2.62 bits per heavy atom. The summed E-state index contributed by atoms with van der Waals surface area (Å²) < 4.78 is 41.0. The zero-order chi connectivity index (χ0) is 20.9. The van der Waals surface area contributed by atoms with Crippen LogP contribution >= 0.6 is 23.4 Å². The molecule has 152 valence electrons. The lowest BCUT2D eigenvalue weighted by Gasteiger charge is -2.11. The standard InChI is InChI=1S/C20H17ClFNO4S2/c1-29(26,27)16-10-13(22)9-15-18(16)20(28-14-4-2-12(21)3-5-14)19-11(8-17(24)25)6-7-23(15)19/h2-5,9-11H,6-8H2,1H3,(H,24,25)/t11-/m1/s1. The molecular formula is C20H17ClFNO4S2. The minimum atomic E-state index is -3.71. The molecule has 2 aromatic carbocycles. The van der Waals surface area contributed by atoms with Gasteiger partial charge in [-0.25, -0.2) is 12.8 Å². The molecule has 9 heteroatoms. The van der Waals surface area contributed by atoms with Gasteiger partial charge in [0.15, 0.2) is 9.84 Å². The van der Waals surface area contributed by atoms with Crippen molar-refractivity contribution in [1.82, 2.24) is 4.57 Å². The number of carboxylic acid groups (broad SMARTS) is 1. The van der Waals surface area contributed by atoms with Gasteiger partial charge in [-0.1, -0.05) is 23.4 Å². The van der Waals surface area contributed by atoms with Gasteiger partial charge in [-0.3, -0.25) is 4.79 Å². The first-order valence-electron chi connectivity index (χ1n) is 8.86. The van der Waals surface area contributed by atoms with Gasteiger partial charge in [0, 0.05) is 44.6 Å². The van der Waals surface area contributed by atoms with E-state index in [0.717, 1.165) is 22.9 Å². The lowest BCUT2D eigenvalue weighted by Crippen LogP contribution is -2.04. The maximum atomic E-state index is 14.3. The van der Waals surface area contributed by atoms with E-state index < -0.39 is 21.6 Å². The molecule has 0 amide bonds. The largest absolute Gasteiger partial charge is 0.481 e. The van der Waals surface area contributed by atoms with Gasteiger partial charge in [0.25, 0.3) is 0 Å². The molecule has 0 unspecified atom stereocenters. The van der Waals surface area contributed by atoms with E-state index in [1.165, 1.54) is 17.8 Å². The predicted molar refractivity (Wildman–Crippen MR) is 110 cm³/mol. The Kier molecular flexibility index (Phi) is 5.13. The van der Waals surface area contributed by atoms with Crippen LogP contribution in [0.1, 0.15) is 24.5 Å². The normalized spacial score (nSPS) is 16.3. The number of aromatic nitrogens is 1. The quantitative estimate of drug-likeness (QED) is 0.591. The van der Waals surface area contributed by atoms with Gasteiger partial charge in [-0.05, 0) is 42.8 Å². The number of benzene rings is 2. The van der Waals surface area contributed by atoms with Crippen molar-refractivity contribution in [1.29, 1.82) is 0 Å². The molecule has 4 rings (SSSR count). The first kappa shape index (κ1) is 20.3. The van der Waals surface area contributed by atoms with E-state index in [1.54, 1.807) is 12.1 Å². The van der Waals surface area contributed by atoms with Crippen molar-refractivity contribution < 1.29 is 22.7 Å². The Labute approximate surface area is 176 Å². The Morgan fingerprint density at radius 1 is 1.31 bits per heavy atom. The third kappa shape index (κ3) is 3.76. The van der Waals surface area contributed by atoms with Crippen molar-refractivity contribution in [3.8, 4) is 0 Å². The molecule has 0 saturated carbocycles. The van der Waals surface area contributed by atoms with Gasteiger partial charge >= 0.3 is 5.97 Å². The highest BCUT2D eigenvalue weighted by Crippen LogP contribution is 2.48. The average molecular weight is 454 g/mol. The molecule has 3 aromatic rings. The summed E-state index contributed by atoms with van der Waals surface area (Å²) in [5.74, 6) is -1.83. The minimum absolute atomic E-state index is 0.0683. The number of nitrogens with zero attached hydrogens (tertiary/aromatic N) is 1. The van der Waals surface area contributed by atoms with Crippen molar-refractivity contribution in [2.24, 2.45) is 0 Å². The molecule has 1 atom stereocenters. The number of hydrogen-bond donors (Lipinski definition) is 1. The third-order valence-corrected chi connectivity index (χ3v) is 7.53. The van der Waals surface area contributed by atoms with Crippen LogP contribution in [0.15, 0.2) is 51.1 Å². The molecule has 1 aromatic heterocycles. The number of rotatable bonds is 5. The summed E-state index contributed by atoms with van der Waals surface area (Å²) in [5.41, 5.74) is 1.22. The van der Waals surface area contributed by atoms with Gasteiger partial charge in [0.05, 0.1) is 16.8 Å². The first-order chi connectivity index (χ1) is 13.6. The number of sulfone groups is 1. The molecule has 29 heavy (non-hydrogen) atoms. The SMILES string of the molecule is CS(=O)(=O)c1cc(F)cc2c1c(Sc1ccc(Cl)cc1)c1n2CC[C@@H]1CC(=O)O. The van der Waals surface area contributed by atoms with E-state index in [4.69, 9.17) is 11.6 Å². The number of aryl methyl sites for hydroxylation is 1. The van der Waals surface area contributed by atoms with E-state index in [0.29, 0.717) is 33.8 Å². The predicted octanol–water partition coefficient (Wildman–Crippen LogP) is 4.95. The molecule has 5 nitrogen and oxygen atoms in total. The zero-order valence-electron chi connectivity index (χ0n) is 15.4. The third-order valence-electron chi connectivity index (χ3n) is 5.03. The highest BCUT2D eigenvalue weighted by molar-refractivity contribution is 7.99. The van der Waals surface area contributed by atoms with Gasteiger partial charge in [0.2, 0.25) is 0 Å². The van der Waals surface area contributed by atoms with Crippen LogP contribution in [-0.2, 0) is 21.2 Å². The van der Waals surface area contributed by atoms with Gasteiger partial charge in [-0.2, -0.15) is 0 Å². The topological polar surface area (TPSA) is 76.4 Å². The van der Waals surface area contributed by atoms with Crippen LogP contribution in [-0.4, -0.2) is 30.3 Å². The van der Waals surface area contributed by atoms with E-state index in [1.807, 2.05) is 16.7 Å². The Morgan fingerprint density at radius 2 is 2.00 bits per heavy atom. The number of aliphatic carboxylic acids is 1. The molecule has 0 aliphatic carbocycles. The molecule has 1 aliphatic rings. The smallest absolute Gasteiger partial charge is 0.304 e. The molecular weight excluding hydrogens is 437 g/mol. The monoisotopic (exact) mass is 453 g/mol. The van der Waals surface area contributed by atoms with Crippen molar-refractivity contribution in [2.75, 3.05) is 6.26 Å². The molecule has 0 radical (unpaired) electrons. The summed E-state index contributed by atoms with van der Waals surface area (Å²) in [7, 11) is -3.71. The summed E-state index contributed by atoms with van der Waals surface area (Å²) in [6.07, 6.45) is 1.59. The van der Waals surface area contributed by atoms with Crippen LogP contribution in [0.2, 0.25) is 5.02 Å². The average Bonchev–Trinajstić information content (AvgIpc) is 3.15. The van der Waals surface area contributed by atoms with Crippen molar-refractivity contribution >= 4 is 50.1 Å². The maximum Gasteiger partial charge on any atom is 0.304 e. The summed E-state index contributed by atoms with van der Waals surface area (Å²) in [4.78, 5) is 12.8. The van der Waals surface area contributed by atoms with Crippen molar-refractivity contribution in [2.45, 2.75) is 40.0 Å². The van der Waals surface area contributed by atoms with Gasteiger partial charge in [-0.15, -0.1) is 0 Å². The fourth-order valence-corrected chi connectivity index (χ4v) is 6.18. The van der Waals surface area contributed by atoms with E-state index in [-0.39, 0.29) is 17.2 Å².